The summed E-state index contributed by atoms with van der Waals surface area (Å²) < 4.78 is 10.9. The van der Waals surface area contributed by atoms with Crippen LogP contribution in [0.5, 0.6) is 0 Å². The average Bonchev–Trinajstić information content (AvgIpc) is 2.82. The molecule has 2 saturated carbocycles. The van der Waals surface area contributed by atoms with Crippen molar-refractivity contribution in [1.82, 2.24) is 0 Å². The third kappa shape index (κ3) is 1.87. The zero-order valence-electron chi connectivity index (χ0n) is 9.05. The standard InChI is InChI=1S/C9H12NO7P/c10-9(8(13)14)1-3(2-18(15,16)17)4-5(6(4)9)7(11)12/h2,4-6H,1,10H2,(H,11,12)(H,13,14)(H2,15,16,17)/t4-,5-,6?,9-/m1/s1. The van der Waals surface area contributed by atoms with Gasteiger partial charge in [-0.15, -0.1) is 0 Å². The molecule has 0 spiro atoms. The van der Waals surface area contributed by atoms with Crippen LogP contribution in [0.3, 0.4) is 0 Å². The van der Waals surface area contributed by atoms with Crippen LogP contribution in [-0.2, 0) is 14.2 Å². The second-order valence-corrected chi connectivity index (χ2v) is 6.17. The summed E-state index contributed by atoms with van der Waals surface area (Å²) in [5, 5.41) is 18.0. The van der Waals surface area contributed by atoms with E-state index >= 15 is 0 Å². The van der Waals surface area contributed by atoms with Gasteiger partial charge in [-0.3, -0.25) is 14.2 Å². The molecule has 0 heterocycles. The van der Waals surface area contributed by atoms with E-state index in [4.69, 9.17) is 25.7 Å². The second kappa shape index (κ2) is 3.64. The fraction of sp³-hybridized carbons (Fsp3) is 0.556. The van der Waals surface area contributed by atoms with Gasteiger partial charge in [-0.05, 0) is 6.42 Å². The molecule has 2 aliphatic rings. The molecule has 4 atom stereocenters. The van der Waals surface area contributed by atoms with Crippen molar-refractivity contribution in [2.75, 3.05) is 0 Å². The molecule has 1 unspecified atom stereocenters. The molecule has 100 valence electrons. The van der Waals surface area contributed by atoms with E-state index in [1.165, 1.54) is 0 Å². The van der Waals surface area contributed by atoms with Gasteiger partial charge in [0.05, 0.1) is 5.92 Å². The summed E-state index contributed by atoms with van der Waals surface area (Å²) in [6.45, 7) is 0. The number of fused-ring (bicyclic) bond motifs is 1. The second-order valence-electron chi connectivity index (χ2n) is 4.73. The first-order chi connectivity index (χ1) is 8.08. The van der Waals surface area contributed by atoms with Gasteiger partial charge < -0.3 is 25.7 Å². The fourth-order valence-electron chi connectivity index (χ4n) is 2.86. The van der Waals surface area contributed by atoms with E-state index in [0.29, 0.717) is 5.82 Å². The van der Waals surface area contributed by atoms with Crippen LogP contribution in [0, 0.1) is 17.8 Å². The largest absolute Gasteiger partial charge is 0.481 e. The van der Waals surface area contributed by atoms with Crippen molar-refractivity contribution in [2.45, 2.75) is 12.0 Å². The van der Waals surface area contributed by atoms with Gasteiger partial charge in [0, 0.05) is 17.7 Å². The van der Waals surface area contributed by atoms with Crippen molar-refractivity contribution >= 4 is 19.5 Å². The van der Waals surface area contributed by atoms with Crippen molar-refractivity contribution in [2.24, 2.45) is 23.5 Å². The molecule has 0 amide bonds. The molecular formula is C9H12NO7P. The molecule has 0 bridgehead atoms. The summed E-state index contributed by atoms with van der Waals surface area (Å²) >= 11 is 0. The lowest BCUT2D eigenvalue weighted by molar-refractivity contribution is -0.145. The van der Waals surface area contributed by atoms with Gasteiger partial charge in [-0.1, -0.05) is 5.57 Å². The van der Waals surface area contributed by atoms with E-state index < -0.39 is 42.8 Å². The lowest BCUT2D eigenvalue weighted by Crippen LogP contribution is -2.49. The lowest BCUT2D eigenvalue weighted by atomic mass is 9.90. The number of nitrogens with two attached hydrogens (primary N) is 1. The highest BCUT2D eigenvalue weighted by atomic mass is 31.2. The van der Waals surface area contributed by atoms with Crippen molar-refractivity contribution in [1.29, 1.82) is 0 Å². The average molecular weight is 277 g/mol. The molecule has 0 saturated heterocycles. The number of carboxylic acid groups (broad SMARTS) is 2. The SMILES string of the molecule is N[C@]1(C(=O)O)CC(=CP(=O)(O)O)[C@H]2C1[C@@H]2C(=O)O. The zero-order valence-corrected chi connectivity index (χ0v) is 9.95. The normalized spacial score (nSPS) is 40.6. The Morgan fingerprint density at radius 3 is 2.33 bits per heavy atom. The Kier molecular flexibility index (Phi) is 2.68. The maximum atomic E-state index is 11.1. The summed E-state index contributed by atoms with van der Waals surface area (Å²) in [7, 11) is -4.47. The topological polar surface area (TPSA) is 158 Å². The number of aliphatic carboxylic acids is 2. The summed E-state index contributed by atoms with van der Waals surface area (Å²) in [5.74, 6) is -4.36. The molecule has 0 aliphatic heterocycles. The molecular weight excluding hydrogens is 265 g/mol. The van der Waals surface area contributed by atoms with Gasteiger partial charge in [-0.25, -0.2) is 0 Å². The van der Waals surface area contributed by atoms with Crippen molar-refractivity contribution in [3.05, 3.63) is 11.4 Å². The molecule has 18 heavy (non-hydrogen) atoms. The van der Waals surface area contributed by atoms with Gasteiger partial charge in [0.1, 0.15) is 5.54 Å². The molecule has 6 N–H and O–H groups in total. The maximum Gasteiger partial charge on any atom is 0.349 e. The van der Waals surface area contributed by atoms with Crippen LogP contribution in [0.2, 0.25) is 0 Å². The van der Waals surface area contributed by atoms with Gasteiger partial charge in [0.25, 0.3) is 0 Å². The first kappa shape index (κ1) is 13.2. The molecule has 0 radical (unpaired) electrons. The Balaban J connectivity index is 2.40. The van der Waals surface area contributed by atoms with Crippen LogP contribution in [0.1, 0.15) is 6.42 Å². The zero-order chi connectivity index (χ0) is 13.9. The number of hydrogen-bond acceptors (Lipinski definition) is 4. The van der Waals surface area contributed by atoms with Crippen LogP contribution >= 0.6 is 7.60 Å². The van der Waals surface area contributed by atoms with E-state index in [2.05, 4.69) is 0 Å². The highest BCUT2D eigenvalue weighted by Crippen LogP contribution is 2.65. The Labute approximate surface area is 101 Å². The minimum absolute atomic E-state index is 0.130. The lowest BCUT2D eigenvalue weighted by Gasteiger charge is -2.21. The Morgan fingerprint density at radius 2 is 1.94 bits per heavy atom. The maximum absolute atomic E-state index is 11.1. The summed E-state index contributed by atoms with van der Waals surface area (Å²) in [6, 6.07) is 0. The van der Waals surface area contributed by atoms with Crippen molar-refractivity contribution in [3.8, 4) is 0 Å². The highest BCUT2D eigenvalue weighted by Gasteiger charge is 2.72. The van der Waals surface area contributed by atoms with Gasteiger partial charge in [0.2, 0.25) is 0 Å². The van der Waals surface area contributed by atoms with Crippen LogP contribution in [0.25, 0.3) is 0 Å². The minimum atomic E-state index is -4.47. The number of carbonyl (C=O) groups is 2. The minimum Gasteiger partial charge on any atom is -0.481 e. The highest BCUT2D eigenvalue weighted by molar-refractivity contribution is 7.55. The van der Waals surface area contributed by atoms with Crippen molar-refractivity contribution in [3.63, 3.8) is 0 Å². The van der Waals surface area contributed by atoms with E-state index in [0.717, 1.165) is 0 Å². The molecule has 9 heteroatoms. The number of hydrogen-bond donors (Lipinski definition) is 5. The van der Waals surface area contributed by atoms with Gasteiger partial charge in [-0.2, -0.15) is 0 Å². The predicted molar refractivity (Wildman–Crippen MR) is 57.4 cm³/mol. The van der Waals surface area contributed by atoms with Crippen LogP contribution in [0.15, 0.2) is 11.4 Å². The summed E-state index contributed by atoms with van der Waals surface area (Å²) in [6.07, 6.45) is -0.230. The van der Waals surface area contributed by atoms with E-state index in [9.17, 15) is 14.2 Å². The first-order valence-corrected chi connectivity index (χ1v) is 6.78. The third-order valence-electron chi connectivity index (χ3n) is 3.56. The van der Waals surface area contributed by atoms with E-state index in [1.54, 1.807) is 0 Å². The molecule has 2 fully saturated rings. The van der Waals surface area contributed by atoms with E-state index in [-0.39, 0.29) is 12.0 Å². The fourth-order valence-corrected chi connectivity index (χ4v) is 3.56. The molecule has 8 nitrogen and oxygen atoms in total. The Hall–Kier alpha value is -1.21. The van der Waals surface area contributed by atoms with Crippen LogP contribution in [0.4, 0.5) is 0 Å². The predicted octanol–water partition coefficient (Wildman–Crippen LogP) is -0.819. The molecule has 0 aromatic carbocycles. The third-order valence-corrected chi connectivity index (χ3v) is 4.22. The number of rotatable bonds is 3. The Bertz CT molecular complexity index is 509. The van der Waals surface area contributed by atoms with Gasteiger partial charge >= 0.3 is 19.5 Å². The molecule has 2 aliphatic carbocycles. The van der Waals surface area contributed by atoms with Crippen LogP contribution in [-0.4, -0.2) is 37.5 Å². The molecule has 0 aromatic rings. The molecule has 2 rings (SSSR count). The van der Waals surface area contributed by atoms with E-state index in [1.807, 2.05) is 0 Å². The van der Waals surface area contributed by atoms with Crippen LogP contribution < -0.4 is 5.73 Å². The Morgan fingerprint density at radius 1 is 1.39 bits per heavy atom. The number of carboxylic acids is 2. The smallest absolute Gasteiger partial charge is 0.349 e. The van der Waals surface area contributed by atoms with Gasteiger partial charge in [0.15, 0.2) is 0 Å². The summed E-state index contributed by atoms with van der Waals surface area (Å²) in [5.41, 5.74) is 4.04. The summed E-state index contributed by atoms with van der Waals surface area (Å²) in [4.78, 5) is 39.7. The quantitative estimate of drug-likeness (QED) is 0.418. The van der Waals surface area contributed by atoms with Crippen molar-refractivity contribution < 1.29 is 34.2 Å². The molecule has 0 aromatic heterocycles. The first-order valence-electron chi connectivity index (χ1n) is 5.10. The monoisotopic (exact) mass is 277 g/mol.